The van der Waals surface area contributed by atoms with Crippen LogP contribution in [-0.2, 0) is 9.53 Å². The van der Waals surface area contributed by atoms with Crippen LogP contribution in [0.2, 0.25) is 0 Å². The standard InChI is InChI=1S/C21H28F2N4O3/c1-15(28)24-12-17-13-27(20(29)30-17)16-3-4-19(18(23)11-16)25-9-6-21(14-25)5-2-8-26(21)10-7-22/h3-4,11,17H,2,5-10,12-14H2,1H3,(H,24,28)/t17-,21?/m0/s1. The summed E-state index contributed by atoms with van der Waals surface area (Å²) >= 11 is 0. The number of hydrogen-bond donors (Lipinski definition) is 1. The number of rotatable bonds is 6. The molecular formula is C21H28F2N4O3. The summed E-state index contributed by atoms with van der Waals surface area (Å²) in [5.74, 6) is -0.590. The molecule has 1 spiro atoms. The number of halogens is 2. The van der Waals surface area contributed by atoms with Gasteiger partial charge in [-0.3, -0.25) is 14.6 Å². The fourth-order valence-electron chi connectivity index (χ4n) is 4.99. The minimum Gasteiger partial charge on any atom is -0.442 e. The van der Waals surface area contributed by atoms with Crippen LogP contribution in [0, 0.1) is 5.82 Å². The summed E-state index contributed by atoms with van der Waals surface area (Å²) in [4.78, 5) is 28.8. The number of likely N-dealkylation sites (tertiary alicyclic amines) is 1. The van der Waals surface area contributed by atoms with Crippen LogP contribution in [-0.4, -0.2) is 74.5 Å². The Kier molecular flexibility index (Phi) is 5.81. The number of cyclic esters (lactones) is 1. The van der Waals surface area contributed by atoms with E-state index < -0.39 is 18.0 Å². The normalized spacial score (nSPS) is 26.6. The molecule has 3 saturated heterocycles. The van der Waals surface area contributed by atoms with Gasteiger partial charge < -0.3 is 15.0 Å². The lowest BCUT2D eigenvalue weighted by Crippen LogP contribution is -2.47. The average Bonchev–Trinajstić information content (AvgIpc) is 3.41. The zero-order chi connectivity index (χ0) is 21.3. The second-order valence-electron chi connectivity index (χ2n) is 8.36. The summed E-state index contributed by atoms with van der Waals surface area (Å²) in [5.41, 5.74) is 0.873. The van der Waals surface area contributed by atoms with Gasteiger partial charge in [-0.2, -0.15) is 0 Å². The molecule has 0 saturated carbocycles. The number of ether oxygens (including phenoxy) is 1. The Morgan fingerprint density at radius 2 is 2.17 bits per heavy atom. The Morgan fingerprint density at radius 1 is 1.33 bits per heavy atom. The maximum atomic E-state index is 15.0. The van der Waals surface area contributed by atoms with E-state index in [0.29, 0.717) is 24.5 Å². The van der Waals surface area contributed by atoms with Crippen LogP contribution in [0.1, 0.15) is 26.2 Å². The molecular weight excluding hydrogens is 394 g/mol. The van der Waals surface area contributed by atoms with Crippen LogP contribution in [0.25, 0.3) is 0 Å². The van der Waals surface area contributed by atoms with Gasteiger partial charge in [-0.15, -0.1) is 0 Å². The number of nitrogens with one attached hydrogen (secondary N) is 1. The van der Waals surface area contributed by atoms with Crippen LogP contribution in [0.5, 0.6) is 0 Å². The molecule has 3 fully saturated rings. The number of nitrogens with zero attached hydrogens (tertiary/aromatic N) is 3. The van der Waals surface area contributed by atoms with Crippen LogP contribution in [0.4, 0.5) is 25.0 Å². The van der Waals surface area contributed by atoms with Crippen molar-refractivity contribution < 1.29 is 23.1 Å². The number of benzene rings is 1. The van der Waals surface area contributed by atoms with E-state index in [-0.39, 0.29) is 31.2 Å². The summed E-state index contributed by atoms with van der Waals surface area (Å²) in [7, 11) is 0. The summed E-state index contributed by atoms with van der Waals surface area (Å²) < 4.78 is 33.2. The van der Waals surface area contributed by atoms with E-state index in [0.717, 1.165) is 32.4 Å². The van der Waals surface area contributed by atoms with Crippen molar-refractivity contribution in [2.45, 2.75) is 37.8 Å². The molecule has 0 bridgehead atoms. The van der Waals surface area contributed by atoms with Gasteiger partial charge in [0, 0.05) is 32.1 Å². The predicted octanol–water partition coefficient (Wildman–Crippen LogP) is 2.30. The molecule has 0 aliphatic carbocycles. The first kappa shape index (κ1) is 20.8. The van der Waals surface area contributed by atoms with E-state index in [4.69, 9.17) is 4.74 Å². The smallest absolute Gasteiger partial charge is 0.414 e. The van der Waals surface area contributed by atoms with Crippen LogP contribution < -0.4 is 15.1 Å². The van der Waals surface area contributed by atoms with Crippen molar-refractivity contribution in [1.29, 1.82) is 0 Å². The van der Waals surface area contributed by atoms with Gasteiger partial charge in [0.15, 0.2) is 0 Å². The number of amides is 2. The number of anilines is 2. The molecule has 1 aromatic rings. The summed E-state index contributed by atoms with van der Waals surface area (Å²) in [6.45, 7) is 4.26. The third-order valence-electron chi connectivity index (χ3n) is 6.46. The Hall–Kier alpha value is -2.42. The van der Waals surface area contributed by atoms with Gasteiger partial charge in [-0.05, 0) is 44.0 Å². The lowest BCUT2D eigenvalue weighted by molar-refractivity contribution is -0.119. The fourth-order valence-corrected chi connectivity index (χ4v) is 4.99. The Labute approximate surface area is 174 Å². The summed E-state index contributed by atoms with van der Waals surface area (Å²) in [6, 6.07) is 4.78. The highest BCUT2D eigenvalue weighted by atomic mass is 19.1. The second-order valence-corrected chi connectivity index (χ2v) is 8.36. The highest BCUT2D eigenvalue weighted by Crippen LogP contribution is 2.40. The molecule has 4 rings (SSSR count). The SMILES string of the molecule is CC(=O)NC[C@H]1CN(c2ccc(N3CCC4(CCCN4CCF)C3)c(F)c2)C(=O)O1. The summed E-state index contributed by atoms with van der Waals surface area (Å²) in [6.07, 6.45) is 1.94. The molecule has 2 amide bonds. The van der Waals surface area contributed by atoms with Crippen molar-refractivity contribution in [3.05, 3.63) is 24.0 Å². The van der Waals surface area contributed by atoms with Gasteiger partial charge in [0.25, 0.3) is 0 Å². The molecule has 30 heavy (non-hydrogen) atoms. The zero-order valence-electron chi connectivity index (χ0n) is 17.2. The van der Waals surface area contributed by atoms with Crippen molar-refractivity contribution >= 4 is 23.4 Å². The van der Waals surface area contributed by atoms with E-state index in [1.54, 1.807) is 12.1 Å². The molecule has 7 nitrogen and oxygen atoms in total. The predicted molar refractivity (Wildman–Crippen MR) is 109 cm³/mol. The molecule has 1 N–H and O–H groups in total. The molecule has 9 heteroatoms. The average molecular weight is 422 g/mol. The van der Waals surface area contributed by atoms with Crippen molar-refractivity contribution in [3.8, 4) is 0 Å². The van der Waals surface area contributed by atoms with E-state index >= 15 is 4.39 Å². The highest BCUT2D eigenvalue weighted by molar-refractivity contribution is 5.90. The van der Waals surface area contributed by atoms with Crippen LogP contribution in [0.15, 0.2) is 18.2 Å². The van der Waals surface area contributed by atoms with Gasteiger partial charge in [0.1, 0.15) is 18.6 Å². The number of carbonyl (C=O) groups excluding carboxylic acids is 2. The van der Waals surface area contributed by atoms with Crippen LogP contribution >= 0.6 is 0 Å². The number of hydrogen-bond acceptors (Lipinski definition) is 5. The second kappa shape index (κ2) is 8.37. The topological polar surface area (TPSA) is 65.1 Å². The first-order chi connectivity index (χ1) is 14.4. The van der Waals surface area contributed by atoms with E-state index in [9.17, 15) is 14.0 Å². The zero-order valence-corrected chi connectivity index (χ0v) is 17.2. The Morgan fingerprint density at radius 3 is 2.90 bits per heavy atom. The minimum absolute atomic E-state index is 0.0626. The first-order valence-corrected chi connectivity index (χ1v) is 10.5. The molecule has 1 unspecified atom stereocenters. The molecule has 164 valence electrons. The number of alkyl halides is 1. The minimum atomic E-state index is -0.551. The molecule has 0 radical (unpaired) electrons. The molecule has 3 heterocycles. The third-order valence-corrected chi connectivity index (χ3v) is 6.46. The maximum absolute atomic E-state index is 15.0. The molecule has 3 aliphatic rings. The molecule has 3 aliphatic heterocycles. The Balaban J connectivity index is 1.44. The summed E-state index contributed by atoms with van der Waals surface area (Å²) in [5, 5.41) is 2.62. The quantitative estimate of drug-likeness (QED) is 0.762. The van der Waals surface area contributed by atoms with E-state index in [2.05, 4.69) is 10.2 Å². The molecule has 2 atom stereocenters. The van der Waals surface area contributed by atoms with Gasteiger partial charge in [-0.25, -0.2) is 13.6 Å². The largest absolute Gasteiger partial charge is 0.442 e. The van der Waals surface area contributed by atoms with Crippen molar-refractivity contribution in [1.82, 2.24) is 10.2 Å². The maximum Gasteiger partial charge on any atom is 0.414 e. The van der Waals surface area contributed by atoms with Crippen LogP contribution in [0.3, 0.4) is 0 Å². The lowest BCUT2D eigenvalue weighted by Gasteiger charge is -2.34. The molecule has 1 aromatic carbocycles. The molecule has 0 aromatic heterocycles. The van der Waals surface area contributed by atoms with Gasteiger partial charge >= 0.3 is 6.09 Å². The Bertz CT molecular complexity index is 823. The van der Waals surface area contributed by atoms with Gasteiger partial charge in [-0.1, -0.05) is 0 Å². The van der Waals surface area contributed by atoms with E-state index in [1.165, 1.54) is 17.9 Å². The van der Waals surface area contributed by atoms with E-state index in [1.807, 2.05) is 4.90 Å². The van der Waals surface area contributed by atoms with Crippen molar-refractivity contribution in [2.24, 2.45) is 0 Å². The fraction of sp³-hybridized carbons (Fsp3) is 0.619. The lowest BCUT2D eigenvalue weighted by atomic mass is 9.95. The van der Waals surface area contributed by atoms with Crippen molar-refractivity contribution in [3.63, 3.8) is 0 Å². The van der Waals surface area contributed by atoms with Gasteiger partial charge in [0.05, 0.1) is 24.5 Å². The highest BCUT2D eigenvalue weighted by Gasteiger charge is 2.46. The number of carbonyl (C=O) groups is 2. The monoisotopic (exact) mass is 422 g/mol. The third kappa shape index (κ3) is 3.95. The first-order valence-electron chi connectivity index (χ1n) is 10.5. The van der Waals surface area contributed by atoms with Crippen molar-refractivity contribution in [2.75, 3.05) is 55.7 Å². The van der Waals surface area contributed by atoms with Gasteiger partial charge in [0.2, 0.25) is 5.91 Å².